The molecule has 0 saturated heterocycles. The van der Waals surface area contributed by atoms with Gasteiger partial charge in [0.1, 0.15) is 6.61 Å². The largest absolute Gasteiger partial charge is 0.504 e. The maximum atomic E-state index is 9.99. The fourth-order valence-electron chi connectivity index (χ4n) is 2.02. The van der Waals surface area contributed by atoms with Gasteiger partial charge in [-0.1, -0.05) is 24.3 Å². The van der Waals surface area contributed by atoms with Crippen molar-refractivity contribution in [2.24, 2.45) is 0 Å². The molecule has 0 atom stereocenters. The van der Waals surface area contributed by atoms with Crippen molar-refractivity contribution >= 4 is 26.7 Å². The van der Waals surface area contributed by atoms with Crippen LogP contribution >= 0.6 is 15.9 Å². The summed E-state index contributed by atoms with van der Waals surface area (Å²) in [6, 6.07) is 13.3. The molecule has 1 N–H and O–H groups in total. The third-order valence-corrected chi connectivity index (χ3v) is 3.42. The first kappa shape index (κ1) is 12.9. The highest BCUT2D eigenvalue weighted by atomic mass is 79.9. The van der Waals surface area contributed by atoms with Crippen molar-refractivity contribution in [2.45, 2.75) is 6.61 Å². The van der Waals surface area contributed by atoms with Crippen molar-refractivity contribution in [2.75, 3.05) is 0 Å². The molecule has 0 aliphatic rings. The Balaban J connectivity index is 1.85. The second-order valence-corrected chi connectivity index (χ2v) is 5.38. The van der Waals surface area contributed by atoms with Gasteiger partial charge in [0, 0.05) is 22.4 Å². The monoisotopic (exact) mass is 329 g/mol. The average molecular weight is 330 g/mol. The Bertz CT molecular complexity index is 758. The average Bonchev–Trinajstić information content (AvgIpc) is 2.45. The summed E-state index contributed by atoms with van der Waals surface area (Å²) in [5, 5.41) is 12.0. The van der Waals surface area contributed by atoms with Crippen LogP contribution in [0.3, 0.4) is 0 Å². The second kappa shape index (κ2) is 5.51. The zero-order valence-electron chi connectivity index (χ0n) is 10.6. The quantitative estimate of drug-likeness (QED) is 0.779. The molecule has 1 heterocycles. The van der Waals surface area contributed by atoms with E-state index in [0.29, 0.717) is 12.4 Å². The number of hydrogen-bond acceptors (Lipinski definition) is 3. The Hall–Kier alpha value is -2.07. The van der Waals surface area contributed by atoms with Gasteiger partial charge >= 0.3 is 0 Å². The van der Waals surface area contributed by atoms with Gasteiger partial charge in [-0.05, 0) is 44.9 Å². The molecule has 0 saturated carbocycles. The Morgan fingerprint density at radius 2 is 1.80 bits per heavy atom. The van der Waals surface area contributed by atoms with Crippen molar-refractivity contribution in [1.29, 1.82) is 0 Å². The van der Waals surface area contributed by atoms with Crippen LogP contribution in [0.15, 0.2) is 59.3 Å². The number of aromatic nitrogens is 1. The summed E-state index contributed by atoms with van der Waals surface area (Å²) in [7, 11) is 0. The highest BCUT2D eigenvalue weighted by molar-refractivity contribution is 9.10. The Morgan fingerprint density at radius 3 is 2.55 bits per heavy atom. The number of rotatable bonds is 3. The van der Waals surface area contributed by atoms with E-state index in [2.05, 4.69) is 20.9 Å². The van der Waals surface area contributed by atoms with Gasteiger partial charge in [-0.3, -0.25) is 4.98 Å². The van der Waals surface area contributed by atoms with E-state index in [4.69, 9.17) is 4.74 Å². The zero-order chi connectivity index (χ0) is 13.9. The number of halogens is 1. The summed E-state index contributed by atoms with van der Waals surface area (Å²) in [6.45, 7) is 0.359. The maximum Gasteiger partial charge on any atom is 0.162 e. The van der Waals surface area contributed by atoms with E-state index in [1.165, 1.54) is 0 Å². The van der Waals surface area contributed by atoms with Crippen LogP contribution in [0.2, 0.25) is 0 Å². The van der Waals surface area contributed by atoms with Crippen molar-refractivity contribution < 1.29 is 9.84 Å². The van der Waals surface area contributed by atoms with Gasteiger partial charge in [-0.15, -0.1) is 0 Å². The minimum atomic E-state index is 0.145. The van der Waals surface area contributed by atoms with Crippen LogP contribution < -0.4 is 4.74 Å². The summed E-state index contributed by atoms with van der Waals surface area (Å²) in [4.78, 5) is 4.08. The number of nitrogens with zero attached hydrogens (tertiary/aromatic N) is 1. The predicted octanol–water partition coefficient (Wildman–Crippen LogP) is 4.28. The molecule has 0 bridgehead atoms. The first-order valence-electron chi connectivity index (χ1n) is 6.16. The van der Waals surface area contributed by atoms with Crippen molar-refractivity contribution in [3.05, 3.63) is 64.9 Å². The molecule has 2 aromatic carbocycles. The highest BCUT2D eigenvalue weighted by Crippen LogP contribution is 2.31. The number of pyridine rings is 1. The van der Waals surface area contributed by atoms with Crippen LogP contribution in [0.5, 0.6) is 11.5 Å². The molecule has 3 nitrogen and oxygen atoms in total. The fourth-order valence-corrected chi connectivity index (χ4v) is 2.43. The molecule has 0 amide bonds. The smallest absolute Gasteiger partial charge is 0.162 e. The summed E-state index contributed by atoms with van der Waals surface area (Å²) in [5.74, 6) is 0.621. The minimum Gasteiger partial charge on any atom is -0.504 e. The van der Waals surface area contributed by atoms with E-state index >= 15 is 0 Å². The molecule has 3 rings (SSSR count). The van der Waals surface area contributed by atoms with E-state index in [1.807, 2.05) is 36.4 Å². The van der Waals surface area contributed by atoms with Crippen molar-refractivity contribution in [1.82, 2.24) is 4.98 Å². The normalized spacial score (nSPS) is 10.7. The van der Waals surface area contributed by atoms with Gasteiger partial charge in [0.15, 0.2) is 11.5 Å². The minimum absolute atomic E-state index is 0.145. The van der Waals surface area contributed by atoms with Gasteiger partial charge < -0.3 is 9.84 Å². The lowest BCUT2D eigenvalue weighted by atomic mass is 10.1. The number of hydrogen-bond donors (Lipinski definition) is 1. The van der Waals surface area contributed by atoms with Gasteiger partial charge in [0.2, 0.25) is 0 Å². The number of ether oxygens (including phenoxy) is 1. The number of aromatic hydroxyl groups is 1. The van der Waals surface area contributed by atoms with Crippen LogP contribution in [0, 0.1) is 0 Å². The standard InChI is InChI=1S/C16H12BrNO2/c17-14-5-11(8-18-9-14)10-20-16-7-13-4-2-1-3-12(13)6-15(16)19/h1-9,19H,10H2. The number of phenols is 1. The molecule has 100 valence electrons. The molecule has 20 heavy (non-hydrogen) atoms. The molecule has 1 aromatic heterocycles. The molecule has 0 aliphatic carbocycles. The fraction of sp³-hybridized carbons (Fsp3) is 0.0625. The highest BCUT2D eigenvalue weighted by Gasteiger charge is 2.05. The van der Waals surface area contributed by atoms with E-state index < -0.39 is 0 Å². The van der Waals surface area contributed by atoms with E-state index in [9.17, 15) is 5.11 Å². The lowest BCUT2D eigenvalue weighted by molar-refractivity contribution is 0.289. The molecular formula is C16H12BrNO2. The Morgan fingerprint density at radius 1 is 1.05 bits per heavy atom. The lowest BCUT2D eigenvalue weighted by Gasteiger charge is -2.09. The third kappa shape index (κ3) is 2.75. The van der Waals surface area contributed by atoms with Gasteiger partial charge in [-0.2, -0.15) is 0 Å². The van der Waals surface area contributed by atoms with Crippen LogP contribution in [0.25, 0.3) is 10.8 Å². The van der Waals surface area contributed by atoms with Gasteiger partial charge in [-0.25, -0.2) is 0 Å². The Labute approximate surface area is 125 Å². The van der Waals surface area contributed by atoms with Crippen molar-refractivity contribution in [3.63, 3.8) is 0 Å². The third-order valence-electron chi connectivity index (χ3n) is 2.98. The van der Waals surface area contributed by atoms with Crippen LogP contribution in [-0.4, -0.2) is 10.1 Å². The Kier molecular flexibility index (Phi) is 3.56. The van der Waals surface area contributed by atoms with E-state index in [-0.39, 0.29) is 5.75 Å². The summed E-state index contributed by atoms with van der Waals surface area (Å²) >= 11 is 3.37. The lowest BCUT2D eigenvalue weighted by Crippen LogP contribution is -1.96. The number of benzene rings is 2. The molecular weight excluding hydrogens is 318 g/mol. The van der Waals surface area contributed by atoms with E-state index in [0.717, 1.165) is 20.8 Å². The van der Waals surface area contributed by atoms with Crippen LogP contribution in [0.4, 0.5) is 0 Å². The molecule has 0 unspecified atom stereocenters. The molecule has 0 radical (unpaired) electrons. The SMILES string of the molecule is Oc1cc2ccccc2cc1OCc1cncc(Br)c1. The van der Waals surface area contributed by atoms with Crippen LogP contribution in [0.1, 0.15) is 5.56 Å². The van der Waals surface area contributed by atoms with Gasteiger partial charge in [0.25, 0.3) is 0 Å². The second-order valence-electron chi connectivity index (χ2n) is 4.47. The summed E-state index contributed by atoms with van der Waals surface area (Å²) in [6.07, 6.45) is 3.46. The maximum absolute atomic E-state index is 9.99. The topological polar surface area (TPSA) is 42.4 Å². The molecule has 0 spiro atoms. The zero-order valence-corrected chi connectivity index (χ0v) is 12.2. The first-order valence-corrected chi connectivity index (χ1v) is 6.96. The molecule has 0 fully saturated rings. The van der Waals surface area contributed by atoms with Crippen molar-refractivity contribution in [3.8, 4) is 11.5 Å². The van der Waals surface area contributed by atoms with Gasteiger partial charge in [0.05, 0.1) is 0 Å². The predicted molar refractivity (Wildman–Crippen MR) is 81.9 cm³/mol. The number of phenolic OH excluding ortho intramolecular Hbond substituents is 1. The molecule has 0 aliphatic heterocycles. The summed E-state index contributed by atoms with van der Waals surface area (Å²) < 4.78 is 6.58. The van der Waals surface area contributed by atoms with E-state index in [1.54, 1.807) is 18.5 Å². The molecule has 4 heteroatoms. The number of fused-ring (bicyclic) bond motifs is 1. The summed E-state index contributed by atoms with van der Waals surface area (Å²) in [5.41, 5.74) is 0.937. The van der Waals surface area contributed by atoms with Crippen LogP contribution in [-0.2, 0) is 6.61 Å². The first-order chi connectivity index (χ1) is 9.72. The molecule has 3 aromatic rings.